The van der Waals surface area contributed by atoms with Crippen LogP contribution in [0.25, 0.3) is 5.69 Å². The van der Waals surface area contributed by atoms with Gasteiger partial charge in [0.25, 0.3) is 5.91 Å². The maximum Gasteiger partial charge on any atom is 0.259 e. The van der Waals surface area contributed by atoms with Crippen molar-refractivity contribution >= 4 is 23.2 Å². The van der Waals surface area contributed by atoms with Gasteiger partial charge in [-0.15, -0.1) is 0 Å². The molecule has 1 aliphatic rings. The molecule has 0 bridgehead atoms. The molecule has 0 unspecified atom stereocenters. The summed E-state index contributed by atoms with van der Waals surface area (Å²) in [5.74, 6) is 0.110. The Hall–Kier alpha value is -2.63. The fourth-order valence-corrected chi connectivity index (χ4v) is 4.07. The number of halogens is 1. The van der Waals surface area contributed by atoms with E-state index in [0.29, 0.717) is 10.6 Å². The van der Waals surface area contributed by atoms with Crippen LogP contribution in [0.2, 0.25) is 5.02 Å². The van der Waals surface area contributed by atoms with E-state index in [9.17, 15) is 4.79 Å². The predicted octanol–water partition coefficient (Wildman–Crippen LogP) is 4.81. The van der Waals surface area contributed by atoms with Gasteiger partial charge in [-0.05, 0) is 62.2 Å². The molecule has 1 fully saturated rings. The van der Waals surface area contributed by atoms with E-state index in [1.165, 1.54) is 5.56 Å². The van der Waals surface area contributed by atoms with Gasteiger partial charge in [-0.1, -0.05) is 42.8 Å². The molecule has 2 N–H and O–H groups in total. The van der Waals surface area contributed by atoms with Gasteiger partial charge in [0.15, 0.2) is 0 Å². The molecule has 5 nitrogen and oxygen atoms in total. The van der Waals surface area contributed by atoms with Gasteiger partial charge < -0.3 is 10.6 Å². The van der Waals surface area contributed by atoms with Crippen LogP contribution in [0.5, 0.6) is 0 Å². The highest BCUT2D eigenvalue weighted by Crippen LogP contribution is 2.32. The summed E-state index contributed by atoms with van der Waals surface area (Å²) in [5.41, 5.74) is 4.37. The van der Waals surface area contributed by atoms with E-state index in [-0.39, 0.29) is 11.8 Å². The molecule has 1 saturated heterocycles. The Labute approximate surface area is 176 Å². The van der Waals surface area contributed by atoms with Gasteiger partial charge in [0.2, 0.25) is 0 Å². The van der Waals surface area contributed by atoms with Crippen LogP contribution >= 0.6 is 11.6 Å². The highest BCUT2D eigenvalue weighted by atomic mass is 35.5. The Morgan fingerprint density at radius 1 is 1.17 bits per heavy atom. The molecule has 0 spiro atoms. The highest BCUT2D eigenvalue weighted by Gasteiger charge is 2.27. The van der Waals surface area contributed by atoms with E-state index in [1.807, 2.05) is 53.2 Å². The van der Waals surface area contributed by atoms with E-state index in [2.05, 4.69) is 22.7 Å². The Bertz CT molecular complexity index is 990. The van der Waals surface area contributed by atoms with Gasteiger partial charge in [0.1, 0.15) is 0 Å². The van der Waals surface area contributed by atoms with Gasteiger partial charge in [-0.25, -0.2) is 4.68 Å². The highest BCUT2D eigenvalue weighted by molar-refractivity contribution is 6.32. The van der Waals surface area contributed by atoms with Gasteiger partial charge >= 0.3 is 0 Å². The average Bonchev–Trinajstić information content (AvgIpc) is 3.20. The minimum atomic E-state index is -0.138. The quantitative estimate of drug-likeness (QED) is 0.637. The maximum absolute atomic E-state index is 13.1. The zero-order chi connectivity index (χ0) is 20.2. The molecule has 0 radical (unpaired) electrons. The Morgan fingerprint density at radius 2 is 1.90 bits per heavy atom. The second kappa shape index (κ2) is 8.80. The van der Waals surface area contributed by atoms with Crippen LogP contribution in [0, 0.1) is 0 Å². The molecule has 0 aliphatic carbocycles. The molecule has 0 atom stereocenters. The van der Waals surface area contributed by atoms with Crippen molar-refractivity contribution in [2.75, 3.05) is 18.4 Å². The molecule has 1 aromatic heterocycles. The summed E-state index contributed by atoms with van der Waals surface area (Å²) in [7, 11) is 0. The lowest BCUT2D eigenvalue weighted by Crippen LogP contribution is -2.29. The molecule has 6 heteroatoms. The summed E-state index contributed by atoms with van der Waals surface area (Å²) in [4.78, 5) is 13.1. The number of para-hydroxylation sites is 1. The second-order valence-electron chi connectivity index (χ2n) is 7.34. The summed E-state index contributed by atoms with van der Waals surface area (Å²) in [6, 6.07) is 15.6. The minimum Gasteiger partial charge on any atom is -0.322 e. The number of rotatable bonds is 5. The molecule has 4 rings (SSSR count). The number of aryl methyl sites for hydroxylation is 1. The van der Waals surface area contributed by atoms with Crippen LogP contribution in [-0.4, -0.2) is 28.8 Å². The third kappa shape index (κ3) is 4.21. The first-order valence-corrected chi connectivity index (χ1v) is 10.5. The number of anilines is 1. The number of piperidine rings is 1. The van der Waals surface area contributed by atoms with Crippen molar-refractivity contribution in [2.24, 2.45) is 0 Å². The zero-order valence-electron chi connectivity index (χ0n) is 16.5. The number of nitrogens with zero attached hydrogens (tertiary/aromatic N) is 2. The van der Waals surface area contributed by atoms with Crippen LogP contribution < -0.4 is 10.6 Å². The summed E-state index contributed by atoms with van der Waals surface area (Å²) in [6.45, 7) is 3.97. The number of amides is 1. The monoisotopic (exact) mass is 408 g/mol. The van der Waals surface area contributed by atoms with Crippen LogP contribution in [0.3, 0.4) is 0 Å². The Kier molecular flexibility index (Phi) is 5.97. The second-order valence-corrected chi connectivity index (χ2v) is 7.74. The van der Waals surface area contributed by atoms with E-state index < -0.39 is 0 Å². The van der Waals surface area contributed by atoms with Crippen molar-refractivity contribution < 1.29 is 4.79 Å². The molecular formula is C23H25ClN4O. The van der Waals surface area contributed by atoms with Crippen LogP contribution in [0.1, 0.15) is 47.3 Å². The minimum absolute atomic E-state index is 0.138. The summed E-state index contributed by atoms with van der Waals surface area (Å²) in [6.07, 6.45) is 4.55. The third-order valence-corrected chi connectivity index (χ3v) is 5.80. The van der Waals surface area contributed by atoms with Gasteiger partial charge in [-0.3, -0.25) is 4.79 Å². The van der Waals surface area contributed by atoms with Gasteiger partial charge in [0, 0.05) is 11.6 Å². The van der Waals surface area contributed by atoms with E-state index >= 15 is 0 Å². The molecule has 2 heterocycles. The van der Waals surface area contributed by atoms with Crippen LogP contribution in [0.4, 0.5) is 5.69 Å². The first-order valence-electron chi connectivity index (χ1n) is 10.1. The lowest BCUT2D eigenvalue weighted by molar-refractivity contribution is 0.102. The average molecular weight is 409 g/mol. The summed E-state index contributed by atoms with van der Waals surface area (Å²) >= 11 is 6.44. The van der Waals surface area contributed by atoms with Gasteiger partial charge in [-0.2, -0.15) is 5.10 Å². The number of nitrogens with one attached hydrogen (secondary N) is 2. The van der Waals surface area contributed by atoms with E-state index in [4.69, 9.17) is 11.6 Å². The number of carbonyl (C=O) groups is 1. The number of hydrogen-bond donors (Lipinski definition) is 2. The van der Waals surface area contributed by atoms with Crippen LogP contribution in [-0.2, 0) is 6.42 Å². The largest absolute Gasteiger partial charge is 0.322 e. The molecule has 2 aromatic carbocycles. The summed E-state index contributed by atoms with van der Waals surface area (Å²) in [5, 5.41) is 11.6. The number of hydrogen-bond acceptors (Lipinski definition) is 3. The normalized spacial score (nSPS) is 14.7. The number of benzene rings is 2. The third-order valence-electron chi connectivity index (χ3n) is 5.48. The first kappa shape index (κ1) is 19.7. The number of aromatic nitrogens is 2. The lowest BCUT2D eigenvalue weighted by atomic mass is 9.91. The molecule has 3 aromatic rings. The molecular weight excluding hydrogens is 384 g/mol. The zero-order valence-corrected chi connectivity index (χ0v) is 17.2. The summed E-state index contributed by atoms with van der Waals surface area (Å²) < 4.78 is 1.84. The topological polar surface area (TPSA) is 59.0 Å². The molecule has 29 heavy (non-hydrogen) atoms. The molecule has 1 aliphatic heterocycles. The van der Waals surface area contributed by atoms with Gasteiger partial charge in [0.05, 0.1) is 28.2 Å². The van der Waals surface area contributed by atoms with Crippen molar-refractivity contribution in [2.45, 2.75) is 32.1 Å². The Balaban J connectivity index is 1.70. The maximum atomic E-state index is 13.1. The van der Waals surface area contributed by atoms with Crippen molar-refractivity contribution in [3.63, 3.8) is 0 Å². The fraction of sp³-hybridized carbons (Fsp3) is 0.304. The van der Waals surface area contributed by atoms with E-state index in [0.717, 1.165) is 49.4 Å². The van der Waals surface area contributed by atoms with Crippen molar-refractivity contribution in [1.82, 2.24) is 15.1 Å². The van der Waals surface area contributed by atoms with Crippen molar-refractivity contribution in [1.29, 1.82) is 0 Å². The lowest BCUT2D eigenvalue weighted by Gasteiger charge is -2.25. The Morgan fingerprint density at radius 3 is 2.59 bits per heavy atom. The molecule has 1 amide bonds. The molecule has 150 valence electrons. The van der Waals surface area contributed by atoms with Crippen LogP contribution in [0.15, 0.2) is 54.7 Å². The molecule has 0 saturated carbocycles. The predicted molar refractivity (Wildman–Crippen MR) is 117 cm³/mol. The number of carbonyl (C=O) groups excluding carboxylic acids is 1. The van der Waals surface area contributed by atoms with Crippen molar-refractivity contribution in [3.05, 3.63) is 76.6 Å². The van der Waals surface area contributed by atoms with E-state index in [1.54, 1.807) is 6.20 Å². The smallest absolute Gasteiger partial charge is 0.259 e. The fourth-order valence-electron chi connectivity index (χ4n) is 3.86. The van der Waals surface area contributed by atoms with Crippen molar-refractivity contribution in [3.8, 4) is 5.69 Å². The standard InChI is InChI=1S/C23H25ClN4O/c1-2-16-7-9-18(10-8-16)27-23(29)19-15-26-28(21-6-4-3-5-20(21)24)22(19)17-11-13-25-14-12-17/h3-10,15,17,25H,2,11-14H2,1H3,(H,27,29). The first-order chi connectivity index (χ1) is 14.2. The SMILES string of the molecule is CCc1ccc(NC(=O)c2cnn(-c3ccccc3Cl)c2C2CCNCC2)cc1.